The van der Waals surface area contributed by atoms with Crippen molar-refractivity contribution >= 4 is 11.8 Å². The Morgan fingerprint density at radius 1 is 1.43 bits per heavy atom. The van der Waals surface area contributed by atoms with Crippen LogP contribution in [0.5, 0.6) is 0 Å². The van der Waals surface area contributed by atoms with Crippen LogP contribution in [0.2, 0.25) is 0 Å². The van der Waals surface area contributed by atoms with Gasteiger partial charge in [0.15, 0.2) is 5.50 Å². The van der Waals surface area contributed by atoms with Crippen LogP contribution < -0.4 is 0 Å². The monoisotopic (exact) mass is 124 g/mol. The SMILES string of the molecule is FC1CCSC1F. The molecule has 1 rings (SSSR count). The molecule has 42 valence electrons. The molecule has 1 aliphatic heterocycles. The van der Waals surface area contributed by atoms with Crippen LogP contribution in [0.15, 0.2) is 0 Å². The molecule has 2 unspecified atom stereocenters. The van der Waals surface area contributed by atoms with Crippen molar-refractivity contribution in [3.63, 3.8) is 0 Å². The van der Waals surface area contributed by atoms with Crippen molar-refractivity contribution in [3.05, 3.63) is 0 Å². The van der Waals surface area contributed by atoms with Crippen LogP contribution in [0.25, 0.3) is 0 Å². The third-order valence-corrected chi connectivity index (χ3v) is 2.04. The third kappa shape index (κ3) is 1.06. The highest BCUT2D eigenvalue weighted by molar-refractivity contribution is 8.00. The second-order valence-corrected chi connectivity index (χ2v) is 2.72. The van der Waals surface area contributed by atoms with E-state index < -0.39 is 11.7 Å². The molecule has 0 nitrogen and oxygen atoms in total. The summed E-state index contributed by atoms with van der Waals surface area (Å²) >= 11 is 1.06. The second kappa shape index (κ2) is 1.99. The number of halogens is 2. The molecule has 0 N–H and O–H groups in total. The maximum Gasteiger partial charge on any atom is 0.177 e. The van der Waals surface area contributed by atoms with E-state index in [0.717, 1.165) is 11.8 Å². The molecule has 0 amide bonds. The van der Waals surface area contributed by atoms with Crippen molar-refractivity contribution in [1.82, 2.24) is 0 Å². The largest absolute Gasteiger partial charge is 0.243 e. The molecule has 1 saturated heterocycles. The molecule has 0 aliphatic carbocycles. The highest BCUT2D eigenvalue weighted by atomic mass is 32.2. The molecule has 2 atom stereocenters. The molecular formula is C4H6F2S. The van der Waals surface area contributed by atoms with Gasteiger partial charge >= 0.3 is 0 Å². The fourth-order valence-corrected chi connectivity index (χ4v) is 1.46. The van der Waals surface area contributed by atoms with E-state index >= 15 is 0 Å². The summed E-state index contributed by atoms with van der Waals surface area (Å²) in [5.41, 5.74) is -1.24. The second-order valence-electron chi connectivity index (χ2n) is 1.53. The maximum atomic E-state index is 11.9. The zero-order chi connectivity index (χ0) is 5.28. The van der Waals surface area contributed by atoms with Crippen molar-refractivity contribution in [2.75, 3.05) is 5.75 Å². The third-order valence-electron chi connectivity index (χ3n) is 0.955. The summed E-state index contributed by atoms with van der Waals surface area (Å²) in [6.45, 7) is 0. The molecule has 1 aliphatic rings. The van der Waals surface area contributed by atoms with E-state index in [-0.39, 0.29) is 0 Å². The minimum absolute atomic E-state index is 0.395. The van der Waals surface area contributed by atoms with E-state index in [1.807, 2.05) is 0 Å². The van der Waals surface area contributed by atoms with Gasteiger partial charge in [-0.1, -0.05) is 0 Å². The predicted octanol–water partition coefficient (Wildman–Crippen LogP) is 1.76. The molecule has 0 bridgehead atoms. The molecule has 7 heavy (non-hydrogen) atoms. The van der Waals surface area contributed by atoms with Gasteiger partial charge in [0.05, 0.1) is 0 Å². The van der Waals surface area contributed by atoms with E-state index in [1.165, 1.54) is 0 Å². The van der Waals surface area contributed by atoms with Crippen LogP contribution in [0, 0.1) is 0 Å². The fraction of sp³-hybridized carbons (Fsp3) is 1.00. The van der Waals surface area contributed by atoms with Crippen LogP contribution in [-0.2, 0) is 0 Å². The fourth-order valence-electron chi connectivity index (χ4n) is 0.529. The van der Waals surface area contributed by atoms with E-state index in [1.54, 1.807) is 0 Å². The summed E-state index contributed by atoms with van der Waals surface area (Å²) in [5, 5.41) is 0. The molecule has 0 aromatic rings. The first kappa shape index (κ1) is 5.35. The molecule has 0 aromatic carbocycles. The van der Waals surface area contributed by atoms with Crippen molar-refractivity contribution in [3.8, 4) is 0 Å². The molecule has 0 radical (unpaired) electrons. The van der Waals surface area contributed by atoms with Gasteiger partial charge in [0.25, 0.3) is 0 Å². The zero-order valence-electron chi connectivity index (χ0n) is 3.73. The van der Waals surface area contributed by atoms with Gasteiger partial charge < -0.3 is 0 Å². The molecular weight excluding hydrogens is 118 g/mol. The Morgan fingerprint density at radius 3 is 2.29 bits per heavy atom. The highest BCUT2D eigenvalue weighted by Gasteiger charge is 2.26. The van der Waals surface area contributed by atoms with Gasteiger partial charge in [-0.15, -0.1) is 11.8 Å². The summed E-state index contributed by atoms with van der Waals surface area (Å²) in [5.74, 6) is 0.641. The summed E-state index contributed by atoms with van der Waals surface area (Å²) in [4.78, 5) is 0. The van der Waals surface area contributed by atoms with Crippen molar-refractivity contribution in [2.24, 2.45) is 0 Å². The Kier molecular flexibility index (Phi) is 1.52. The van der Waals surface area contributed by atoms with E-state index in [0.29, 0.717) is 12.2 Å². The van der Waals surface area contributed by atoms with E-state index in [4.69, 9.17) is 0 Å². The topological polar surface area (TPSA) is 0 Å². The average molecular weight is 124 g/mol. The standard InChI is InChI=1S/C4H6F2S/c5-3-1-2-7-4(3)6/h3-4H,1-2H2. The van der Waals surface area contributed by atoms with Crippen molar-refractivity contribution < 1.29 is 8.78 Å². The minimum atomic E-state index is -1.24. The van der Waals surface area contributed by atoms with Crippen LogP contribution in [0.1, 0.15) is 6.42 Å². The summed E-state index contributed by atoms with van der Waals surface area (Å²) in [7, 11) is 0. The molecule has 0 aromatic heterocycles. The van der Waals surface area contributed by atoms with Gasteiger partial charge in [0.2, 0.25) is 0 Å². The minimum Gasteiger partial charge on any atom is -0.243 e. The smallest absolute Gasteiger partial charge is 0.177 e. The summed E-state index contributed by atoms with van der Waals surface area (Å²) in [6, 6.07) is 0. The Hall–Kier alpha value is 0.210. The lowest BCUT2D eigenvalue weighted by molar-refractivity contribution is 0.243. The average Bonchev–Trinajstić information content (AvgIpc) is 1.91. The van der Waals surface area contributed by atoms with E-state index in [2.05, 4.69) is 0 Å². The molecule has 1 fully saturated rings. The number of thioether (sulfide) groups is 1. The predicted molar refractivity (Wildman–Crippen MR) is 26.9 cm³/mol. The first-order chi connectivity index (χ1) is 3.30. The lowest BCUT2D eigenvalue weighted by Crippen LogP contribution is -2.03. The lowest BCUT2D eigenvalue weighted by Gasteiger charge is -1.95. The zero-order valence-corrected chi connectivity index (χ0v) is 4.55. The Balaban J connectivity index is 2.33. The van der Waals surface area contributed by atoms with Gasteiger partial charge in [-0.25, -0.2) is 8.78 Å². The quantitative estimate of drug-likeness (QED) is 0.474. The van der Waals surface area contributed by atoms with Gasteiger partial charge in [-0.05, 0) is 12.2 Å². The van der Waals surface area contributed by atoms with Gasteiger partial charge in [0.1, 0.15) is 6.17 Å². The summed E-state index contributed by atoms with van der Waals surface area (Å²) in [6.07, 6.45) is -0.795. The Bertz CT molecular complexity index is 58.7. The molecule has 1 heterocycles. The first-order valence-corrected chi connectivity index (χ1v) is 3.25. The molecule has 0 saturated carbocycles. The number of rotatable bonds is 0. The summed E-state index contributed by atoms with van der Waals surface area (Å²) < 4.78 is 23.8. The van der Waals surface area contributed by atoms with Gasteiger partial charge in [-0.3, -0.25) is 0 Å². The maximum absolute atomic E-state index is 11.9. The van der Waals surface area contributed by atoms with Gasteiger partial charge in [-0.2, -0.15) is 0 Å². The number of alkyl halides is 2. The van der Waals surface area contributed by atoms with Crippen LogP contribution in [-0.4, -0.2) is 17.4 Å². The van der Waals surface area contributed by atoms with Crippen LogP contribution >= 0.6 is 11.8 Å². The number of hydrogen-bond acceptors (Lipinski definition) is 1. The van der Waals surface area contributed by atoms with Crippen LogP contribution in [0.4, 0.5) is 8.78 Å². The lowest BCUT2D eigenvalue weighted by atomic mass is 10.3. The normalized spacial score (nSPS) is 42.0. The van der Waals surface area contributed by atoms with Crippen molar-refractivity contribution in [1.29, 1.82) is 0 Å². The first-order valence-electron chi connectivity index (χ1n) is 2.20. The Morgan fingerprint density at radius 2 is 2.14 bits per heavy atom. The molecule has 3 heteroatoms. The van der Waals surface area contributed by atoms with E-state index in [9.17, 15) is 8.78 Å². The van der Waals surface area contributed by atoms with Crippen molar-refractivity contribution in [2.45, 2.75) is 18.1 Å². The number of hydrogen-bond donors (Lipinski definition) is 0. The Labute approximate surface area is 45.3 Å². The van der Waals surface area contributed by atoms with Gasteiger partial charge in [0, 0.05) is 0 Å². The van der Waals surface area contributed by atoms with Crippen LogP contribution in [0.3, 0.4) is 0 Å². The molecule has 0 spiro atoms. The highest BCUT2D eigenvalue weighted by Crippen LogP contribution is 2.29.